The lowest BCUT2D eigenvalue weighted by atomic mass is 10.2. The predicted molar refractivity (Wildman–Crippen MR) is 56.2 cm³/mol. The zero-order valence-corrected chi connectivity index (χ0v) is 9.57. The molecule has 5 nitrogen and oxygen atoms in total. The minimum absolute atomic E-state index is 0.0880. The summed E-state index contributed by atoms with van der Waals surface area (Å²) < 4.78 is 11.1. The van der Waals surface area contributed by atoms with Crippen LogP contribution in [-0.4, -0.2) is 36.3 Å². The minimum Gasteiger partial charge on any atom is -0.405 e. The Balaban J connectivity index is 2.04. The van der Waals surface area contributed by atoms with Gasteiger partial charge in [0.15, 0.2) is 0 Å². The van der Waals surface area contributed by atoms with Crippen LogP contribution in [0.25, 0.3) is 0 Å². The van der Waals surface area contributed by atoms with Crippen LogP contribution in [-0.2, 0) is 4.74 Å². The summed E-state index contributed by atoms with van der Waals surface area (Å²) in [6.07, 6.45) is 1.88. The van der Waals surface area contributed by atoms with Gasteiger partial charge in [-0.2, -0.15) is 0 Å². The second kappa shape index (κ2) is 4.37. The van der Waals surface area contributed by atoms with Crippen molar-refractivity contribution >= 4 is 17.6 Å². The number of hydrogen-bond acceptors (Lipinski definition) is 5. The smallest absolute Gasteiger partial charge is 0.317 e. The molecule has 0 bridgehead atoms. The number of anilines is 1. The highest BCUT2D eigenvalue weighted by Gasteiger charge is 2.30. The zero-order chi connectivity index (χ0) is 10.8. The molecule has 1 aliphatic heterocycles. The van der Waals surface area contributed by atoms with Crippen molar-refractivity contribution in [3.63, 3.8) is 0 Å². The maximum atomic E-state index is 5.72. The lowest BCUT2D eigenvalue weighted by molar-refractivity contribution is 0.0410. The first-order valence-electron chi connectivity index (χ1n) is 4.93. The molecule has 15 heavy (non-hydrogen) atoms. The van der Waals surface area contributed by atoms with Crippen LogP contribution in [0.5, 0.6) is 0 Å². The molecule has 0 N–H and O–H groups in total. The van der Waals surface area contributed by atoms with Gasteiger partial charge in [-0.25, -0.2) is 0 Å². The first-order valence-corrected chi connectivity index (χ1v) is 5.46. The molecular formula is C9H14ClN3O2. The van der Waals surface area contributed by atoms with Crippen molar-refractivity contribution in [1.29, 1.82) is 0 Å². The molecule has 6 heteroatoms. The average molecular weight is 232 g/mol. The predicted octanol–water partition coefficient (Wildman–Crippen LogP) is 1.59. The summed E-state index contributed by atoms with van der Waals surface area (Å²) in [6.45, 7) is 0. The third-order valence-electron chi connectivity index (χ3n) is 2.37. The number of rotatable bonds is 3. The SMILES string of the molecule is CN(C)c1nnc([C@@H]2CC[C@H](CCl)O2)o1. The molecular weight excluding hydrogens is 218 g/mol. The van der Waals surface area contributed by atoms with E-state index in [2.05, 4.69) is 10.2 Å². The van der Waals surface area contributed by atoms with E-state index in [4.69, 9.17) is 20.8 Å². The molecule has 2 atom stereocenters. The van der Waals surface area contributed by atoms with Gasteiger partial charge >= 0.3 is 6.01 Å². The van der Waals surface area contributed by atoms with Gasteiger partial charge in [0.25, 0.3) is 0 Å². The van der Waals surface area contributed by atoms with Gasteiger partial charge in [-0.05, 0) is 12.8 Å². The second-order valence-corrected chi connectivity index (χ2v) is 4.10. The normalized spacial score (nSPS) is 25.8. The van der Waals surface area contributed by atoms with Crippen molar-refractivity contribution in [3.8, 4) is 0 Å². The van der Waals surface area contributed by atoms with Gasteiger partial charge in [-0.15, -0.1) is 16.7 Å². The fraction of sp³-hybridized carbons (Fsp3) is 0.778. The van der Waals surface area contributed by atoms with E-state index in [0.717, 1.165) is 12.8 Å². The molecule has 0 aliphatic carbocycles. The second-order valence-electron chi connectivity index (χ2n) is 3.80. The minimum atomic E-state index is -0.0880. The Morgan fingerprint density at radius 1 is 1.40 bits per heavy atom. The molecule has 1 fully saturated rings. The van der Waals surface area contributed by atoms with Crippen molar-refractivity contribution in [2.45, 2.75) is 25.0 Å². The Morgan fingerprint density at radius 3 is 2.73 bits per heavy atom. The first-order chi connectivity index (χ1) is 7.20. The Morgan fingerprint density at radius 2 is 2.20 bits per heavy atom. The fourth-order valence-corrected chi connectivity index (χ4v) is 1.77. The molecule has 0 amide bonds. The number of nitrogens with zero attached hydrogens (tertiary/aromatic N) is 3. The van der Waals surface area contributed by atoms with Crippen LogP contribution in [0.15, 0.2) is 4.42 Å². The number of halogens is 1. The van der Waals surface area contributed by atoms with Crippen molar-refractivity contribution in [2.75, 3.05) is 24.9 Å². The highest BCUT2D eigenvalue weighted by Crippen LogP contribution is 2.32. The summed E-state index contributed by atoms with van der Waals surface area (Å²) in [5, 5.41) is 7.87. The molecule has 0 saturated carbocycles. The third kappa shape index (κ3) is 2.23. The topological polar surface area (TPSA) is 51.4 Å². The number of hydrogen-bond donors (Lipinski definition) is 0. The maximum Gasteiger partial charge on any atom is 0.317 e. The molecule has 0 radical (unpaired) electrons. The summed E-state index contributed by atoms with van der Waals surface area (Å²) in [7, 11) is 3.71. The van der Waals surface area contributed by atoms with Crippen molar-refractivity contribution < 1.29 is 9.15 Å². The van der Waals surface area contributed by atoms with Gasteiger partial charge in [0.2, 0.25) is 5.89 Å². The third-order valence-corrected chi connectivity index (χ3v) is 2.71. The molecule has 1 aromatic rings. The highest BCUT2D eigenvalue weighted by molar-refractivity contribution is 6.18. The summed E-state index contributed by atoms with van der Waals surface area (Å²) in [6, 6.07) is 0.503. The van der Waals surface area contributed by atoms with Crippen LogP contribution in [0, 0.1) is 0 Å². The Kier molecular flexibility index (Phi) is 3.11. The quantitative estimate of drug-likeness (QED) is 0.740. The van der Waals surface area contributed by atoms with Crippen molar-refractivity contribution in [2.24, 2.45) is 0 Å². The van der Waals surface area contributed by atoms with Crippen LogP contribution in [0.2, 0.25) is 0 Å². The number of alkyl halides is 1. The molecule has 2 heterocycles. The van der Waals surface area contributed by atoms with E-state index in [9.17, 15) is 0 Å². The van der Waals surface area contributed by atoms with Gasteiger partial charge in [-0.1, -0.05) is 5.10 Å². The molecule has 1 aliphatic rings. The van der Waals surface area contributed by atoms with Crippen molar-refractivity contribution in [3.05, 3.63) is 5.89 Å². The van der Waals surface area contributed by atoms with Gasteiger partial charge in [0.1, 0.15) is 6.10 Å². The summed E-state index contributed by atoms with van der Waals surface area (Å²) >= 11 is 5.72. The van der Waals surface area contributed by atoms with Gasteiger partial charge < -0.3 is 14.1 Å². The first kappa shape index (κ1) is 10.7. The average Bonchev–Trinajstić information content (AvgIpc) is 2.86. The lowest BCUT2D eigenvalue weighted by Crippen LogP contribution is -2.08. The molecule has 2 rings (SSSR count). The molecule has 1 saturated heterocycles. The number of aromatic nitrogens is 2. The van der Waals surface area contributed by atoms with E-state index >= 15 is 0 Å². The standard InChI is InChI=1S/C9H14ClN3O2/c1-13(2)9-12-11-8(15-9)7-4-3-6(5-10)14-7/h6-7H,3-5H2,1-2H3/t6-,7+/m1/s1. The molecule has 0 unspecified atom stereocenters. The largest absolute Gasteiger partial charge is 0.405 e. The van der Waals surface area contributed by atoms with Crippen LogP contribution in [0.3, 0.4) is 0 Å². The summed E-state index contributed by atoms with van der Waals surface area (Å²) in [4.78, 5) is 1.77. The van der Waals surface area contributed by atoms with E-state index in [0.29, 0.717) is 17.8 Å². The number of ether oxygens (including phenoxy) is 1. The lowest BCUT2D eigenvalue weighted by Gasteiger charge is -2.07. The molecule has 84 valence electrons. The molecule has 0 aromatic carbocycles. The van der Waals surface area contributed by atoms with Crippen LogP contribution < -0.4 is 4.90 Å². The Bertz CT molecular complexity index is 329. The van der Waals surface area contributed by atoms with E-state index in [1.165, 1.54) is 0 Å². The highest BCUT2D eigenvalue weighted by atomic mass is 35.5. The van der Waals surface area contributed by atoms with E-state index in [-0.39, 0.29) is 12.2 Å². The van der Waals surface area contributed by atoms with Crippen LogP contribution >= 0.6 is 11.6 Å². The summed E-state index contributed by atoms with van der Waals surface area (Å²) in [5.41, 5.74) is 0. The van der Waals surface area contributed by atoms with Gasteiger partial charge in [0.05, 0.1) is 6.10 Å². The van der Waals surface area contributed by atoms with Crippen LogP contribution in [0.4, 0.5) is 6.01 Å². The summed E-state index contributed by atoms with van der Waals surface area (Å²) in [5.74, 6) is 1.07. The van der Waals surface area contributed by atoms with E-state index in [1.807, 2.05) is 14.1 Å². The van der Waals surface area contributed by atoms with E-state index < -0.39 is 0 Å². The van der Waals surface area contributed by atoms with E-state index in [1.54, 1.807) is 4.90 Å². The van der Waals surface area contributed by atoms with Crippen molar-refractivity contribution in [1.82, 2.24) is 10.2 Å². The fourth-order valence-electron chi connectivity index (χ4n) is 1.54. The van der Waals surface area contributed by atoms with Crippen LogP contribution in [0.1, 0.15) is 24.8 Å². The zero-order valence-electron chi connectivity index (χ0n) is 8.81. The Labute approximate surface area is 93.4 Å². The monoisotopic (exact) mass is 231 g/mol. The maximum absolute atomic E-state index is 5.72. The Hall–Kier alpha value is -0.810. The van der Waals surface area contributed by atoms with Gasteiger partial charge in [0, 0.05) is 20.0 Å². The molecule has 1 aromatic heterocycles. The molecule has 0 spiro atoms. The van der Waals surface area contributed by atoms with Gasteiger partial charge in [-0.3, -0.25) is 0 Å².